The summed E-state index contributed by atoms with van der Waals surface area (Å²) in [6.45, 7) is 55.7. The first-order valence-electron chi connectivity index (χ1n) is 44.9. The van der Waals surface area contributed by atoms with Gasteiger partial charge in [0.05, 0.1) is 71.8 Å². The number of oxazole rings is 1. The average Bonchev–Trinajstić information content (AvgIpc) is 1.60. The van der Waals surface area contributed by atoms with Gasteiger partial charge in [0.2, 0.25) is 0 Å². The zero-order chi connectivity index (χ0) is 94.4. The van der Waals surface area contributed by atoms with E-state index in [9.17, 15) is 0 Å². The van der Waals surface area contributed by atoms with Crippen LogP contribution in [0.5, 0.6) is 0 Å². The van der Waals surface area contributed by atoms with Crippen molar-refractivity contribution in [2.24, 2.45) is 39.9 Å². The van der Waals surface area contributed by atoms with E-state index in [0.29, 0.717) is 11.5 Å². The van der Waals surface area contributed by atoms with E-state index in [1.165, 1.54) is 83.3 Å². The Morgan fingerprint density at radius 2 is 0.712 bits per heavy atom. The lowest BCUT2D eigenvalue weighted by atomic mass is 9.81. The second-order valence-electron chi connectivity index (χ2n) is 38.5. The van der Waals surface area contributed by atoms with Crippen LogP contribution in [0.4, 0.5) is 45.6 Å². The maximum absolute atomic E-state index is 5.19. The average molecular weight is 1770 g/mol. The number of aromatic nitrogens is 11. The first kappa shape index (κ1) is 92.9. The number of hydrogen-bond acceptors (Lipinski definition) is 21. The van der Waals surface area contributed by atoms with Crippen molar-refractivity contribution in [3.05, 3.63) is 294 Å². The summed E-state index contributed by atoms with van der Waals surface area (Å²) in [7, 11) is 0. The lowest BCUT2D eigenvalue weighted by Crippen LogP contribution is -2.23. The highest BCUT2D eigenvalue weighted by Crippen LogP contribution is 2.49. The van der Waals surface area contributed by atoms with Crippen LogP contribution >= 0.6 is 11.3 Å². The van der Waals surface area contributed by atoms with Crippen LogP contribution in [-0.2, 0) is 43.3 Å². The molecule has 19 heterocycles. The Labute approximate surface area is 778 Å². The molecule has 20 nitrogen and oxygen atoms in total. The molecule has 0 atom stereocenters. The first-order valence-corrected chi connectivity index (χ1v) is 45.7. The molecule has 0 spiro atoms. The topological polar surface area (TPSA) is 254 Å². The summed E-state index contributed by atoms with van der Waals surface area (Å²) in [4.78, 5) is 83.2. The molecule has 0 aliphatic carbocycles. The van der Waals surface area contributed by atoms with E-state index in [-0.39, 0.29) is 43.3 Å². The fraction of sp³-hybridized carbons (Fsp3) is 0.306. The van der Waals surface area contributed by atoms with E-state index in [4.69, 9.17) is 19.4 Å². The number of benzene rings is 5. The number of aryl methyl sites for hydroxylation is 2. The van der Waals surface area contributed by atoms with Gasteiger partial charge in [-0.15, -0.1) is 11.3 Å². The SMILES string of the molecule is CC1=Nc2c(ccc3cccnc23)C1(C)C.CC1=Nc2c(ccc3cnccc23)C1(C)C.CC1=Nc2c(ccc3ncccc23)C1(C)C.CC1=Nc2c(cnc3ccccc23)C1(C)C.CC1=Nc2ccccc2C1(C)C.CC1=Nc2cccnc2C1(C)C.CC1=Nc2ccncc2C1(C)C.CC1=Nc2ncccc2C1(C)C.Cc1nc2ncccc2o1.Cc1nc2ncccc2s1. The Bertz CT molecular complexity index is 6560. The van der Waals surface area contributed by atoms with Crippen LogP contribution in [0.2, 0.25) is 0 Å². The maximum atomic E-state index is 5.19. The molecule has 668 valence electrons. The van der Waals surface area contributed by atoms with E-state index >= 15 is 0 Å². The van der Waals surface area contributed by atoms with Crippen molar-refractivity contribution >= 4 is 168 Å². The van der Waals surface area contributed by atoms with Crippen LogP contribution in [0.1, 0.15) is 222 Å². The monoisotopic (exact) mass is 1760 g/mol. The normalized spacial score (nSPS) is 16.8. The second kappa shape index (κ2) is 36.5. The highest BCUT2D eigenvalue weighted by atomic mass is 32.1. The lowest BCUT2D eigenvalue weighted by molar-refractivity contribution is 0.561. The highest BCUT2D eigenvalue weighted by Gasteiger charge is 2.40. The van der Waals surface area contributed by atoms with E-state index in [2.05, 4.69) is 325 Å². The Balaban J connectivity index is 0.000000113. The summed E-state index contributed by atoms with van der Waals surface area (Å²) < 4.78 is 6.36. The second-order valence-corrected chi connectivity index (χ2v) is 39.7. The van der Waals surface area contributed by atoms with Gasteiger partial charge in [-0.05, 0) is 189 Å². The number of fused-ring (bicyclic) bond motifs is 18. The quantitative estimate of drug-likeness (QED) is 0.137. The maximum Gasteiger partial charge on any atom is 0.198 e. The third-order valence-electron chi connectivity index (χ3n) is 27.7. The van der Waals surface area contributed by atoms with Gasteiger partial charge in [0.1, 0.15) is 0 Å². The minimum atomic E-state index is 0.0202. The van der Waals surface area contributed by atoms with Crippen LogP contribution in [-0.4, -0.2) is 101 Å². The van der Waals surface area contributed by atoms with Crippen LogP contribution in [0.3, 0.4) is 0 Å². The minimum absolute atomic E-state index is 0.0202. The molecule has 0 saturated carbocycles. The number of rotatable bonds is 0. The van der Waals surface area contributed by atoms with Gasteiger partial charge in [-0.25, -0.2) is 24.9 Å². The molecule has 0 unspecified atom stereocenters. The summed E-state index contributed by atoms with van der Waals surface area (Å²) in [5, 5.41) is 6.92. The Morgan fingerprint density at radius 1 is 0.265 bits per heavy atom. The number of para-hydroxylation sites is 2. The van der Waals surface area contributed by atoms with E-state index < -0.39 is 0 Å². The number of pyridine rings is 9. The molecule has 0 saturated heterocycles. The third-order valence-corrected chi connectivity index (χ3v) is 28.6. The number of aliphatic imine (C=N–C) groups is 8. The minimum Gasteiger partial charge on any atom is -0.439 e. The van der Waals surface area contributed by atoms with Gasteiger partial charge in [0.15, 0.2) is 28.6 Å². The zero-order valence-corrected chi connectivity index (χ0v) is 81.6. The summed E-state index contributed by atoms with van der Waals surface area (Å²) in [6.07, 6.45) is 20.1. The van der Waals surface area contributed by atoms with Gasteiger partial charge >= 0.3 is 0 Å². The van der Waals surface area contributed by atoms with Crippen molar-refractivity contribution in [2.75, 3.05) is 0 Å². The van der Waals surface area contributed by atoms with E-state index in [1.54, 1.807) is 36.1 Å². The standard InChI is InChI=1S/4C14H14N2.C11H13N.3C10H12N2.C7H6N2O.C7H6N2S/c1-9-14(2,3)12-5-4-10-8-15-7-6-11(10)13(12)16-9;1-9-14(2,3)11-6-7-12-10(13(11)16-9)5-4-8-15-12;1-9-14(2,3)11-7-6-10-5-4-8-15-12(10)13(11)16-9;1-9-14(2,3)11-8-15-12-7-5-4-6-10(12)13(11)16-9;1-8-11(2,3)9-6-4-5-7-10(9)12-8;1-7-10(2,3)8-6-11-5-4-9(8)12-7;1-7-10(2,3)9-8(12-7)5-4-6-11-9;1-7-10(2,3)8-5-4-6-11-9(8)12-7;2*1-5-9-7-6(10-5)3-2-4-8-7/h4*4-8H,1-3H3;4-7H,1-3H3;3*4-6H,1-3H3;2*2-4H,1H3. The fourth-order valence-electron chi connectivity index (χ4n) is 16.8. The van der Waals surface area contributed by atoms with Gasteiger partial charge in [-0.3, -0.25) is 64.9 Å². The molecular weight excluding hydrogens is 1650 g/mol. The molecule has 0 radical (unpaired) electrons. The summed E-state index contributed by atoms with van der Waals surface area (Å²) in [5.41, 5.74) is 33.0. The Morgan fingerprint density at radius 3 is 1.37 bits per heavy atom. The predicted octanol–water partition coefficient (Wildman–Crippen LogP) is 28.5. The van der Waals surface area contributed by atoms with Gasteiger partial charge in [0.25, 0.3) is 0 Å². The largest absolute Gasteiger partial charge is 0.439 e. The molecule has 5 aromatic carbocycles. The van der Waals surface area contributed by atoms with Crippen molar-refractivity contribution in [1.29, 1.82) is 0 Å². The molecule has 21 heteroatoms. The predicted molar refractivity (Wildman–Crippen MR) is 551 cm³/mol. The van der Waals surface area contributed by atoms with Crippen molar-refractivity contribution in [1.82, 2.24) is 54.8 Å². The molecule has 0 bridgehead atoms. The molecule has 24 rings (SSSR count). The molecule has 11 aromatic heterocycles. The molecule has 16 aromatic rings. The zero-order valence-electron chi connectivity index (χ0n) is 80.8. The van der Waals surface area contributed by atoms with Crippen molar-refractivity contribution < 1.29 is 4.42 Å². The third kappa shape index (κ3) is 18.1. The lowest BCUT2D eigenvalue weighted by Gasteiger charge is -2.19. The van der Waals surface area contributed by atoms with Gasteiger partial charge < -0.3 is 4.42 Å². The van der Waals surface area contributed by atoms with Crippen LogP contribution in [0.25, 0.3) is 65.1 Å². The first-order chi connectivity index (χ1) is 62.6. The van der Waals surface area contributed by atoms with Crippen LogP contribution in [0, 0.1) is 13.8 Å². The Kier molecular flexibility index (Phi) is 25.7. The van der Waals surface area contributed by atoms with E-state index in [0.717, 1.165) is 117 Å². The molecule has 0 N–H and O–H groups in total. The van der Waals surface area contributed by atoms with Crippen LogP contribution < -0.4 is 0 Å². The van der Waals surface area contributed by atoms with Crippen molar-refractivity contribution in [3.63, 3.8) is 0 Å². The summed E-state index contributed by atoms with van der Waals surface area (Å²) >= 11 is 1.68. The summed E-state index contributed by atoms with van der Waals surface area (Å²) in [5.74, 6) is 1.55. The van der Waals surface area contributed by atoms with Crippen molar-refractivity contribution in [2.45, 2.75) is 223 Å². The number of nitrogens with zero attached hydrogens (tertiary/aromatic N) is 19. The number of thiazole rings is 1. The molecule has 0 amide bonds. The molecule has 8 aliphatic heterocycles. The fourth-order valence-corrected chi connectivity index (χ4v) is 17.6. The van der Waals surface area contributed by atoms with Gasteiger partial charge in [0, 0.05) is 208 Å². The molecule has 132 heavy (non-hydrogen) atoms. The summed E-state index contributed by atoms with van der Waals surface area (Å²) in [6, 6.07) is 57.2. The number of hydrogen-bond donors (Lipinski definition) is 0. The Hall–Kier alpha value is -13.8. The van der Waals surface area contributed by atoms with Gasteiger partial charge in [-0.1, -0.05) is 176 Å². The molecule has 0 fully saturated rings. The van der Waals surface area contributed by atoms with Crippen molar-refractivity contribution in [3.8, 4) is 0 Å². The van der Waals surface area contributed by atoms with Crippen LogP contribution in [0.15, 0.2) is 282 Å². The smallest absolute Gasteiger partial charge is 0.198 e. The van der Waals surface area contributed by atoms with E-state index in [1.807, 2.05) is 148 Å². The molecular formula is C111H117N19OS. The van der Waals surface area contributed by atoms with Gasteiger partial charge in [-0.2, -0.15) is 4.98 Å². The highest BCUT2D eigenvalue weighted by molar-refractivity contribution is 7.18. The molecule has 8 aliphatic rings.